The molecule has 21 heavy (non-hydrogen) atoms. The molecule has 0 aliphatic carbocycles. The summed E-state index contributed by atoms with van der Waals surface area (Å²) in [5, 5.41) is 0. The molecule has 2 aromatic carbocycles. The lowest BCUT2D eigenvalue weighted by molar-refractivity contribution is 0.362. The van der Waals surface area contributed by atoms with Gasteiger partial charge in [0.05, 0.1) is 0 Å². The Morgan fingerprint density at radius 3 is 1.76 bits per heavy atom. The molecule has 0 bridgehead atoms. The second-order valence-electron chi connectivity index (χ2n) is 4.61. The van der Waals surface area contributed by atoms with E-state index in [4.69, 9.17) is 5.73 Å². The van der Waals surface area contributed by atoms with Crippen molar-refractivity contribution in [1.82, 2.24) is 0 Å². The smallest absolute Gasteiger partial charge is 0.200 e. The maximum atomic E-state index is 13.6. The summed E-state index contributed by atoms with van der Waals surface area (Å²) in [5.41, 5.74) is 5.48. The number of aryl methyl sites for hydroxylation is 1. The van der Waals surface area contributed by atoms with Gasteiger partial charge in [-0.15, -0.1) is 0 Å². The maximum Gasteiger partial charge on any atom is 0.200 e. The third kappa shape index (κ3) is 3.05. The minimum absolute atomic E-state index is 0.0579. The molecule has 0 fully saturated rings. The number of benzene rings is 2. The lowest BCUT2D eigenvalue weighted by atomic mass is 9.98. The summed E-state index contributed by atoms with van der Waals surface area (Å²) in [4.78, 5) is 0. The highest BCUT2D eigenvalue weighted by atomic mass is 19.2. The van der Waals surface area contributed by atoms with Crippen molar-refractivity contribution in [3.05, 3.63) is 70.5 Å². The Hall–Kier alpha value is -1.95. The van der Waals surface area contributed by atoms with E-state index in [-0.39, 0.29) is 6.42 Å². The van der Waals surface area contributed by atoms with Gasteiger partial charge in [-0.2, -0.15) is 0 Å². The molecule has 0 heterocycles. The van der Waals surface area contributed by atoms with Gasteiger partial charge in [0, 0.05) is 11.6 Å². The van der Waals surface area contributed by atoms with Crippen LogP contribution in [0.3, 0.4) is 0 Å². The van der Waals surface area contributed by atoms with Crippen LogP contribution in [0, 0.1) is 29.1 Å². The van der Waals surface area contributed by atoms with E-state index >= 15 is 0 Å². The lowest BCUT2D eigenvalue weighted by Gasteiger charge is -2.15. The minimum atomic E-state index is -2.18. The summed E-state index contributed by atoms with van der Waals surface area (Å²) in [6.07, 6.45) is 0.421. The highest BCUT2D eigenvalue weighted by molar-refractivity contribution is 5.27. The number of hydrogen-bond acceptors (Lipinski definition) is 1. The van der Waals surface area contributed by atoms with Gasteiger partial charge in [0.25, 0.3) is 0 Å². The van der Waals surface area contributed by atoms with E-state index in [1.807, 2.05) is 0 Å². The first-order valence-electron chi connectivity index (χ1n) is 6.24. The van der Waals surface area contributed by atoms with E-state index in [0.717, 1.165) is 5.56 Å². The molecule has 0 aromatic heterocycles. The van der Waals surface area contributed by atoms with Crippen molar-refractivity contribution in [2.75, 3.05) is 0 Å². The van der Waals surface area contributed by atoms with Crippen LogP contribution in [0.1, 0.15) is 23.6 Å². The van der Waals surface area contributed by atoms with Crippen LogP contribution in [0.2, 0.25) is 0 Å². The van der Waals surface area contributed by atoms with Crippen molar-refractivity contribution in [3.63, 3.8) is 0 Å². The van der Waals surface area contributed by atoms with Gasteiger partial charge in [-0.25, -0.2) is 22.0 Å². The summed E-state index contributed by atoms with van der Waals surface area (Å²) < 4.78 is 66.3. The van der Waals surface area contributed by atoms with Gasteiger partial charge in [-0.05, 0) is 18.4 Å². The zero-order chi connectivity index (χ0) is 15.6. The highest BCUT2D eigenvalue weighted by Gasteiger charge is 2.28. The van der Waals surface area contributed by atoms with Crippen LogP contribution in [0.4, 0.5) is 22.0 Å². The summed E-state index contributed by atoms with van der Waals surface area (Å²) in [5.74, 6) is -9.86. The minimum Gasteiger partial charge on any atom is -0.324 e. The monoisotopic (exact) mass is 301 g/mol. The fourth-order valence-corrected chi connectivity index (χ4v) is 2.06. The van der Waals surface area contributed by atoms with Crippen LogP contribution in [0.5, 0.6) is 0 Å². The molecule has 0 radical (unpaired) electrons. The molecule has 0 aliphatic rings. The number of rotatable bonds is 4. The van der Waals surface area contributed by atoms with Crippen molar-refractivity contribution in [2.24, 2.45) is 5.73 Å². The van der Waals surface area contributed by atoms with E-state index in [9.17, 15) is 22.0 Å². The van der Waals surface area contributed by atoms with Crippen molar-refractivity contribution in [1.29, 1.82) is 0 Å². The first-order valence-corrected chi connectivity index (χ1v) is 6.24. The summed E-state index contributed by atoms with van der Waals surface area (Å²) in [6.45, 7) is 0. The number of hydrogen-bond donors (Lipinski definition) is 1. The van der Waals surface area contributed by atoms with E-state index in [1.165, 1.54) is 0 Å². The fourth-order valence-electron chi connectivity index (χ4n) is 2.06. The Morgan fingerprint density at radius 2 is 1.24 bits per heavy atom. The molecule has 112 valence electrons. The fraction of sp³-hybridized carbons (Fsp3) is 0.200. The highest BCUT2D eigenvalue weighted by Crippen LogP contribution is 2.28. The van der Waals surface area contributed by atoms with Crippen LogP contribution >= 0.6 is 0 Å². The first-order chi connectivity index (χ1) is 9.93. The van der Waals surface area contributed by atoms with Crippen molar-refractivity contribution < 1.29 is 22.0 Å². The van der Waals surface area contributed by atoms with Crippen LogP contribution in [-0.4, -0.2) is 0 Å². The molecular formula is C15H12F5N. The predicted octanol–water partition coefficient (Wildman–Crippen LogP) is 4.01. The molecule has 1 nitrogen and oxygen atoms in total. The Balaban J connectivity index is 2.25. The van der Waals surface area contributed by atoms with Gasteiger partial charge in [0.2, 0.25) is 5.82 Å². The van der Waals surface area contributed by atoms with Crippen LogP contribution in [0.15, 0.2) is 30.3 Å². The number of halogens is 5. The zero-order valence-corrected chi connectivity index (χ0v) is 10.8. The Labute approximate surface area is 118 Å². The van der Waals surface area contributed by atoms with Gasteiger partial charge in [-0.1, -0.05) is 30.3 Å². The van der Waals surface area contributed by atoms with Crippen molar-refractivity contribution in [2.45, 2.75) is 18.9 Å². The van der Waals surface area contributed by atoms with Crippen LogP contribution in [0.25, 0.3) is 0 Å². The summed E-state index contributed by atoms with van der Waals surface area (Å²) in [7, 11) is 0. The molecule has 1 unspecified atom stereocenters. The van der Waals surface area contributed by atoms with Gasteiger partial charge in [-0.3, -0.25) is 0 Å². The predicted molar refractivity (Wildman–Crippen MR) is 67.9 cm³/mol. The molecule has 2 N–H and O–H groups in total. The molecule has 0 saturated heterocycles. The first kappa shape index (κ1) is 15.4. The Bertz CT molecular complexity index is 613. The van der Waals surface area contributed by atoms with E-state index in [2.05, 4.69) is 0 Å². The van der Waals surface area contributed by atoms with Gasteiger partial charge >= 0.3 is 0 Å². The molecule has 0 amide bonds. The topological polar surface area (TPSA) is 26.0 Å². The normalized spacial score (nSPS) is 12.5. The second kappa shape index (κ2) is 6.22. The lowest BCUT2D eigenvalue weighted by Crippen LogP contribution is -2.18. The second-order valence-corrected chi connectivity index (χ2v) is 4.61. The SMILES string of the molecule is NC(CCc1ccccc1)c1c(F)c(F)c(F)c(F)c1F. The van der Waals surface area contributed by atoms with Gasteiger partial charge < -0.3 is 5.73 Å². The molecule has 0 spiro atoms. The van der Waals surface area contributed by atoms with E-state index < -0.39 is 40.7 Å². The van der Waals surface area contributed by atoms with Gasteiger partial charge in [0.15, 0.2) is 23.3 Å². The Kier molecular flexibility index (Phi) is 4.57. The average molecular weight is 301 g/mol. The molecule has 2 aromatic rings. The zero-order valence-electron chi connectivity index (χ0n) is 10.8. The molecule has 6 heteroatoms. The van der Waals surface area contributed by atoms with Crippen LogP contribution < -0.4 is 5.73 Å². The summed E-state index contributed by atoms with van der Waals surface area (Å²) >= 11 is 0. The molecule has 1 atom stereocenters. The standard InChI is InChI=1S/C15H12F5N/c16-11-10(12(17)14(19)15(20)13(11)18)9(21)7-6-8-4-2-1-3-5-8/h1-5,9H,6-7,21H2. The molecular weight excluding hydrogens is 289 g/mol. The van der Waals surface area contributed by atoms with E-state index in [0.29, 0.717) is 6.42 Å². The molecule has 2 rings (SSSR count). The quantitative estimate of drug-likeness (QED) is 0.515. The van der Waals surface area contributed by atoms with Gasteiger partial charge in [0.1, 0.15) is 0 Å². The molecule has 0 aliphatic heterocycles. The number of nitrogens with two attached hydrogens (primary N) is 1. The maximum absolute atomic E-state index is 13.6. The van der Waals surface area contributed by atoms with Crippen LogP contribution in [-0.2, 0) is 6.42 Å². The largest absolute Gasteiger partial charge is 0.324 e. The third-order valence-corrected chi connectivity index (χ3v) is 3.20. The molecule has 0 saturated carbocycles. The van der Waals surface area contributed by atoms with Crippen molar-refractivity contribution in [3.8, 4) is 0 Å². The average Bonchev–Trinajstić information content (AvgIpc) is 2.50. The van der Waals surface area contributed by atoms with Crippen molar-refractivity contribution >= 4 is 0 Å². The third-order valence-electron chi connectivity index (χ3n) is 3.20. The summed E-state index contributed by atoms with van der Waals surface area (Å²) in [6, 6.07) is 7.64. The Morgan fingerprint density at radius 1 is 0.762 bits per heavy atom. The van der Waals surface area contributed by atoms with E-state index in [1.54, 1.807) is 30.3 Å².